The standard InChI is InChI=1S/C15H17N3O2/c16-12-5-1-10(2-6-12)7-8-17-15(19)13-9-14(20-18-13)11-3-4-11/h1-2,5-6,9,11H,3-4,7-8,16H2,(H,17,19). The van der Waals surface area contributed by atoms with Crippen molar-refractivity contribution < 1.29 is 9.32 Å². The van der Waals surface area contributed by atoms with Crippen LogP contribution in [0.1, 0.15) is 40.6 Å². The molecule has 0 spiro atoms. The van der Waals surface area contributed by atoms with Gasteiger partial charge in [0, 0.05) is 24.2 Å². The van der Waals surface area contributed by atoms with E-state index in [0.717, 1.165) is 36.3 Å². The first-order chi connectivity index (χ1) is 9.72. The molecule has 0 saturated heterocycles. The van der Waals surface area contributed by atoms with Crippen molar-refractivity contribution in [3.8, 4) is 0 Å². The molecule has 1 heterocycles. The van der Waals surface area contributed by atoms with E-state index in [1.54, 1.807) is 6.07 Å². The highest BCUT2D eigenvalue weighted by Gasteiger charge is 2.28. The fourth-order valence-electron chi connectivity index (χ4n) is 2.05. The number of carbonyl (C=O) groups is 1. The number of anilines is 1. The van der Waals surface area contributed by atoms with Crippen LogP contribution >= 0.6 is 0 Å². The van der Waals surface area contributed by atoms with Gasteiger partial charge >= 0.3 is 0 Å². The summed E-state index contributed by atoms with van der Waals surface area (Å²) in [7, 11) is 0. The van der Waals surface area contributed by atoms with Crippen LogP contribution in [0.2, 0.25) is 0 Å². The predicted octanol–water partition coefficient (Wildman–Crippen LogP) is 2.11. The largest absolute Gasteiger partial charge is 0.399 e. The summed E-state index contributed by atoms with van der Waals surface area (Å²) in [4.78, 5) is 11.9. The Morgan fingerprint density at radius 2 is 2.10 bits per heavy atom. The van der Waals surface area contributed by atoms with E-state index in [1.807, 2.05) is 24.3 Å². The van der Waals surface area contributed by atoms with Crippen LogP contribution in [0.5, 0.6) is 0 Å². The molecular formula is C15H17N3O2. The molecule has 5 nitrogen and oxygen atoms in total. The lowest BCUT2D eigenvalue weighted by molar-refractivity contribution is 0.0945. The van der Waals surface area contributed by atoms with Gasteiger partial charge in [-0.25, -0.2) is 0 Å². The number of amides is 1. The van der Waals surface area contributed by atoms with Crippen molar-refractivity contribution >= 4 is 11.6 Å². The third-order valence-electron chi connectivity index (χ3n) is 3.42. The van der Waals surface area contributed by atoms with Crippen molar-refractivity contribution in [2.75, 3.05) is 12.3 Å². The van der Waals surface area contributed by atoms with Gasteiger partial charge in [0.1, 0.15) is 5.76 Å². The van der Waals surface area contributed by atoms with E-state index >= 15 is 0 Å². The van der Waals surface area contributed by atoms with Gasteiger partial charge in [-0.3, -0.25) is 4.79 Å². The molecular weight excluding hydrogens is 254 g/mol. The van der Waals surface area contributed by atoms with Gasteiger partial charge < -0.3 is 15.6 Å². The van der Waals surface area contributed by atoms with E-state index < -0.39 is 0 Å². The van der Waals surface area contributed by atoms with Crippen LogP contribution in [0.15, 0.2) is 34.9 Å². The maximum Gasteiger partial charge on any atom is 0.273 e. The highest BCUT2D eigenvalue weighted by molar-refractivity contribution is 5.92. The second kappa shape index (κ2) is 5.36. The van der Waals surface area contributed by atoms with Crippen molar-refractivity contribution in [2.24, 2.45) is 0 Å². The molecule has 1 amide bonds. The smallest absolute Gasteiger partial charge is 0.273 e. The molecule has 0 bridgehead atoms. The minimum Gasteiger partial charge on any atom is -0.399 e. The molecule has 5 heteroatoms. The van der Waals surface area contributed by atoms with Crippen LogP contribution in [-0.2, 0) is 6.42 Å². The van der Waals surface area contributed by atoms with Gasteiger partial charge in [0.25, 0.3) is 5.91 Å². The molecule has 1 aliphatic rings. The van der Waals surface area contributed by atoms with Gasteiger partial charge in [-0.1, -0.05) is 17.3 Å². The number of hydrogen-bond acceptors (Lipinski definition) is 4. The van der Waals surface area contributed by atoms with Crippen LogP contribution in [0.25, 0.3) is 0 Å². The first-order valence-corrected chi connectivity index (χ1v) is 6.81. The summed E-state index contributed by atoms with van der Waals surface area (Å²) >= 11 is 0. The Labute approximate surface area is 117 Å². The lowest BCUT2D eigenvalue weighted by Gasteiger charge is -2.03. The molecule has 1 aliphatic carbocycles. The fourth-order valence-corrected chi connectivity index (χ4v) is 2.05. The minimum absolute atomic E-state index is 0.184. The number of nitrogens with one attached hydrogen (secondary N) is 1. The zero-order valence-corrected chi connectivity index (χ0v) is 11.1. The molecule has 104 valence electrons. The molecule has 1 aromatic heterocycles. The van der Waals surface area contributed by atoms with E-state index in [0.29, 0.717) is 18.2 Å². The summed E-state index contributed by atoms with van der Waals surface area (Å²) in [5.41, 5.74) is 7.87. The Balaban J connectivity index is 1.49. The van der Waals surface area contributed by atoms with Crippen molar-refractivity contribution in [3.05, 3.63) is 47.3 Å². The quantitative estimate of drug-likeness (QED) is 0.816. The number of nitrogens with two attached hydrogens (primary N) is 1. The van der Waals surface area contributed by atoms with Gasteiger partial charge in [0.2, 0.25) is 0 Å². The van der Waals surface area contributed by atoms with Crippen LogP contribution in [0.3, 0.4) is 0 Å². The molecule has 3 rings (SSSR count). The average Bonchev–Trinajstić information content (AvgIpc) is 3.18. The third kappa shape index (κ3) is 2.99. The van der Waals surface area contributed by atoms with Crippen LogP contribution < -0.4 is 11.1 Å². The normalized spacial score (nSPS) is 14.2. The van der Waals surface area contributed by atoms with Gasteiger partial charge in [0.15, 0.2) is 5.69 Å². The van der Waals surface area contributed by atoms with Gasteiger partial charge in [-0.15, -0.1) is 0 Å². The Morgan fingerprint density at radius 3 is 2.80 bits per heavy atom. The molecule has 0 radical (unpaired) electrons. The van der Waals surface area contributed by atoms with Crippen molar-refractivity contribution in [2.45, 2.75) is 25.2 Å². The number of benzene rings is 1. The summed E-state index contributed by atoms with van der Waals surface area (Å²) in [6, 6.07) is 9.38. The van der Waals surface area contributed by atoms with Gasteiger partial charge in [-0.05, 0) is 37.0 Å². The molecule has 3 N–H and O–H groups in total. The summed E-state index contributed by atoms with van der Waals surface area (Å²) in [5, 5.41) is 6.65. The van der Waals surface area contributed by atoms with Crippen LogP contribution in [-0.4, -0.2) is 17.6 Å². The lowest BCUT2D eigenvalue weighted by Crippen LogP contribution is -2.25. The average molecular weight is 271 g/mol. The minimum atomic E-state index is -0.184. The summed E-state index contributed by atoms with van der Waals surface area (Å²) in [5.74, 6) is 1.11. The first-order valence-electron chi connectivity index (χ1n) is 6.81. The fraction of sp³-hybridized carbons (Fsp3) is 0.333. The molecule has 1 saturated carbocycles. The number of nitrogens with zero attached hydrogens (tertiary/aromatic N) is 1. The van der Waals surface area contributed by atoms with E-state index in [-0.39, 0.29) is 5.91 Å². The highest BCUT2D eigenvalue weighted by Crippen LogP contribution is 2.40. The van der Waals surface area contributed by atoms with Crippen molar-refractivity contribution in [3.63, 3.8) is 0 Å². The zero-order chi connectivity index (χ0) is 13.9. The summed E-state index contributed by atoms with van der Waals surface area (Å²) in [6.45, 7) is 0.564. The molecule has 2 aromatic rings. The van der Waals surface area contributed by atoms with Gasteiger partial charge in [-0.2, -0.15) is 0 Å². The van der Waals surface area contributed by atoms with E-state index in [2.05, 4.69) is 10.5 Å². The Kier molecular flexibility index (Phi) is 3.41. The second-order valence-corrected chi connectivity index (χ2v) is 5.14. The van der Waals surface area contributed by atoms with Crippen molar-refractivity contribution in [1.82, 2.24) is 10.5 Å². The SMILES string of the molecule is Nc1ccc(CCNC(=O)c2cc(C3CC3)on2)cc1. The number of carbonyl (C=O) groups excluding carboxylic acids is 1. The maximum absolute atomic E-state index is 11.9. The third-order valence-corrected chi connectivity index (χ3v) is 3.42. The molecule has 0 unspecified atom stereocenters. The van der Waals surface area contributed by atoms with Crippen LogP contribution in [0.4, 0.5) is 5.69 Å². The zero-order valence-electron chi connectivity index (χ0n) is 11.1. The van der Waals surface area contributed by atoms with E-state index in [9.17, 15) is 4.79 Å². The van der Waals surface area contributed by atoms with Crippen LogP contribution in [0, 0.1) is 0 Å². The monoisotopic (exact) mass is 271 g/mol. The maximum atomic E-state index is 11.9. The topological polar surface area (TPSA) is 81.1 Å². The predicted molar refractivity (Wildman–Crippen MR) is 75.4 cm³/mol. The summed E-state index contributed by atoms with van der Waals surface area (Å²) in [6.07, 6.45) is 3.03. The molecule has 20 heavy (non-hydrogen) atoms. The number of rotatable bonds is 5. The first kappa shape index (κ1) is 12.7. The van der Waals surface area contributed by atoms with E-state index in [1.165, 1.54) is 0 Å². The second-order valence-electron chi connectivity index (χ2n) is 5.14. The Morgan fingerprint density at radius 1 is 1.35 bits per heavy atom. The molecule has 0 atom stereocenters. The Bertz CT molecular complexity index is 600. The molecule has 0 aliphatic heterocycles. The Hall–Kier alpha value is -2.30. The highest BCUT2D eigenvalue weighted by atomic mass is 16.5. The number of aromatic nitrogens is 1. The molecule has 1 fully saturated rings. The number of nitrogen functional groups attached to an aromatic ring is 1. The summed E-state index contributed by atoms with van der Waals surface area (Å²) < 4.78 is 5.16. The van der Waals surface area contributed by atoms with E-state index in [4.69, 9.17) is 10.3 Å². The number of hydrogen-bond donors (Lipinski definition) is 2. The van der Waals surface area contributed by atoms with Crippen molar-refractivity contribution in [1.29, 1.82) is 0 Å². The van der Waals surface area contributed by atoms with Gasteiger partial charge in [0.05, 0.1) is 0 Å². The lowest BCUT2D eigenvalue weighted by atomic mass is 10.1. The molecule has 1 aromatic carbocycles.